The summed E-state index contributed by atoms with van der Waals surface area (Å²) in [7, 11) is 2.22. The van der Waals surface area contributed by atoms with E-state index in [9.17, 15) is 0 Å². The van der Waals surface area contributed by atoms with Crippen molar-refractivity contribution in [1.82, 2.24) is 14.8 Å². The van der Waals surface area contributed by atoms with Crippen molar-refractivity contribution in [2.75, 3.05) is 26.7 Å². The molecule has 2 heterocycles. The fraction of sp³-hybridized carbons (Fsp3) is 0.769. The molecule has 0 N–H and O–H groups in total. The number of alkyl halides is 1. The average molecular weight is 288 g/mol. The van der Waals surface area contributed by atoms with Gasteiger partial charge in [0.25, 0.3) is 0 Å². The molecule has 1 aliphatic rings. The Kier molecular flexibility index (Phi) is 5.42. The van der Waals surface area contributed by atoms with Gasteiger partial charge >= 0.3 is 0 Å². The second kappa shape index (κ2) is 6.85. The summed E-state index contributed by atoms with van der Waals surface area (Å²) in [6.07, 6.45) is 2.55. The Hall–Kier alpha value is -0.160. The predicted octanol–water partition coefficient (Wildman–Crippen LogP) is 2.80. The van der Waals surface area contributed by atoms with Crippen LogP contribution in [0.2, 0.25) is 0 Å². The number of nitrogens with zero attached hydrogens (tertiary/aromatic N) is 3. The molecule has 0 unspecified atom stereocenters. The van der Waals surface area contributed by atoms with Gasteiger partial charge in [0.15, 0.2) is 0 Å². The van der Waals surface area contributed by atoms with Crippen molar-refractivity contribution in [1.29, 1.82) is 0 Å². The van der Waals surface area contributed by atoms with Crippen molar-refractivity contribution in [2.24, 2.45) is 0 Å². The van der Waals surface area contributed by atoms with E-state index in [2.05, 4.69) is 34.1 Å². The number of likely N-dealkylation sites (tertiary alicyclic amines) is 1. The van der Waals surface area contributed by atoms with Crippen LogP contribution in [-0.2, 0) is 12.4 Å². The third-order valence-corrected chi connectivity index (χ3v) is 4.90. The van der Waals surface area contributed by atoms with Gasteiger partial charge in [0, 0.05) is 11.4 Å². The molecule has 0 spiro atoms. The standard InChI is InChI=1S/C13H22ClN3S/c1-3-17-6-4-12(5-7-17)16(2)9-13-15-11(8-14)10-18-13/h10,12H,3-9H2,1-2H3. The first-order valence-electron chi connectivity index (χ1n) is 6.64. The molecule has 0 bridgehead atoms. The fourth-order valence-electron chi connectivity index (χ4n) is 2.50. The Balaban J connectivity index is 1.82. The lowest BCUT2D eigenvalue weighted by Gasteiger charge is -2.35. The maximum Gasteiger partial charge on any atom is 0.107 e. The van der Waals surface area contributed by atoms with Crippen LogP contribution in [0, 0.1) is 0 Å². The molecule has 1 aromatic heterocycles. The van der Waals surface area contributed by atoms with E-state index in [1.165, 1.54) is 37.5 Å². The van der Waals surface area contributed by atoms with Gasteiger partial charge in [-0.05, 0) is 39.5 Å². The van der Waals surface area contributed by atoms with Crippen LogP contribution in [0.3, 0.4) is 0 Å². The van der Waals surface area contributed by atoms with E-state index in [1.807, 2.05) is 0 Å². The lowest BCUT2D eigenvalue weighted by atomic mass is 10.0. The van der Waals surface area contributed by atoms with Gasteiger partial charge in [0.1, 0.15) is 5.01 Å². The summed E-state index contributed by atoms with van der Waals surface area (Å²) < 4.78 is 0. The number of piperidine rings is 1. The van der Waals surface area contributed by atoms with E-state index in [0.717, 1.165) is 12.2 Å². The van der Waals surface area contributed by atoms with Gasteiger partial charge in [-0.2, -0.15) is 0 Å². The molecule has 1 fully saturated rings. The Morgan fingerprint density at radius 3 is 2.78 bits per heavy atom. The van der Waals surface area contributed by atoms with Gasteiger partial charge in [-0.1, -0.05) is 6.92 Å². The van der Waals surface area contributed by atoms with E-state index in [0.29, 0.717) is 11.9 Å². The third kappa shape index (κ3) is 3.67. The highest BCUT2D eigenvalue weighted by Gasteiger charge is 2.22. The number of hydrogen-bond acceptors (Lipinski definition) is 4. The van der Waals surface area contributed by atoms with Crippen molar-refractivity contribution >= 4 is 22.9 Å². The minimum absolute atomic E-state index is 0.523. The summed E-state index contributed by atoms with van der Waals surface area (Å²) in [6, 6.07) is 0.705. The Morgan fingerprint density at radius 1 is 1.50 bits per heavy atom. The normalized spacial score (nSPS) is 18.7. The monoisotopic (exact) mass is 287 g/mol. The maximum absolute atomic E-state index is 5.78. The SMILES string of the molecule is CCN1CCC(N(C)Cc2nc(CCl)cs2)CC1. The Morgan fingerprint density at radius 2 is 2.22 bits per heavy atom. The fourth-order valence-corrected chi connectivity index (χ4v) is 3.59. The van der Waals surface area contributed by atoms with Gasteiger partial charge in [-0.15, -0.1) is 22.9 Å². The molecule has 5 heteroatoms. The van der Waals surface area contributed by atoms with E-state index in [1.54, 1.807) is 11.3 Å². The van der Waals surface area contributed by atoms with Crippen molar-refractivity contribution in [3.63, 3.8) is 0 Å². The quantitative estimate of drug-likeness (QED) is 0.777. The molecule has 0 saturated carbocycles. The van der Waals surface area contributed by atoms with Crippen molar-refractivity contribution in [3.05, 3.63) is 16.1 Å². The number of thiazole rings is 1. The van der Waals surface area contributed by atoms with Crippen LogP contribution in [0.4, 0.5) is 0 Å². The smallest absolute Gasteiger partial charge is 0.107 e. The number of rotatable bonds is 5. The average Bonchev–Trinajstić information content (AvgIpc) is 2.86. The summed E-state index contributed by atoms with van der Waals surface area (Å²) in [5.41, 5.74) is 1.01. The van der Waals surface area contributed by atoms with Crippen molar-refractivity contribution in [3.8, 4) is 0 Å². The van der Waals surface area contributed by atoms with E-state index in [-0.39, 0.29) is 0 Å². The molecule has 18 heavy (non-hydrogen) atoms. The molecule has 1 aliphatic heterocycles. The van der Waals surface area contributed by atoms with E-state index in [4.69, 9.17) is 11.6 Å². The summed E-state index contributed by atoms with van der Waals surface area (Å²) in [4.78, 5) is 9.50. The number of halogens is 1. The van der Waals surface area contributed by atoms with Crippen LogP contribution in [0.25, 0.3) is 0 Å². The van der Waals surface area contributed by atoms with Gasteiger partial charge in [0.2, 0.25) is 0 Å². The highest BCUT2D eigenvalue weighted by Crippen LogP contribution is 2.19. The second-order valence-corrected chi connectivity index (χ2v) is 6.16. The zero-order chi connectivity index (χ0) is 13.0. The number of aromatic nitrogens is 1. The molecular weight excluding hydrogens is 266 g/mol. The zero-order valence-electron chi connectivity index (χ0n) is 11.2. The summed E-state index contributed by atoms with van der Waals surface area (Å²) >= 11 is 7.51. The highest BCUT2D eigenvalue weighted by atomic mass is 35.5. The molecule has 0 aromatic carbocycles. The predicted molar refractivity (Wildman–Crippen MR) is 78.3 cm³/mol. The van der Waals surface area contributed by atoms with Crippen LogP contribution < -0.4 is 0 Å². The first kappa shape index (κ1) is 14.3. The Bertz CT molecular complexity index is 361. The molecule has 0 radical (unpaired) electrons. The number of hydrogen-bond donors (Lipinski definition) is 0. The molecule has 0 amide bonds. The Labute approximate surface area is 119 Å². The molecular formula is C13H22ClN3S. The molecule has 1 saturated heterocycles. The molecule has 102 valence electrons. The van der Waals surface area contributed by atoms with Gasteiger partial charge in [-0.3, -0.25) is 4.90 Å². The molecule has 2 rings (SSSR count). The zero-order valence-corrected chi connectivity index (χ0v) is 12.8. The first-order valence-corrected chi connectivity index (χ1v) is 8.06. The van der Waals surface area contributed by atoms with Crippen LogP contribution in [0.5, 0.6) is 0 Å². The van der Waals surface area contributed by atoms with Gasteiger partial charge < -0.3 is 4.90 Å². The lowest BCUT2D eigenvalue weighted by molar-refractivity contribution is 0.127. The second-order valence-electron chi connectivity index (χ2n) is 4.95. The topological polar surface area (TPSA) is 19.4 Å². The largest absolute Gasteiger partial charge is 0.303 e. The van der Waals surface area contributed by atoms with Crippen molar-refractivity contribution < 1.29 is 0 Å². The minimum atomic E-state index is 0.523. The van der Waals surface area contributed by atoms with Crippen LogP contribution in [-0.4, -0.2) is 47.5 Å². The molecule has 3 nitrogen and oxygen atoms in total. The van der Waals surface area contributed by atoms with Gasteiger partial charge in [0.05, 0.1) is 18.1 Å². The molecule has 0 aliphatic carbocycles. The van der Waals surface area contributed by atoms with Crippen LogP contribution in [0.1, 0.15) is 30.5 Å². The first-order chi connectivity index (χ1) is 8.72. The van der Waals surface area contributed by atoms with E-state index >= 15 is 0 Å². The van der Waals surface area contributed by atoms with Crippen LogP contribution >= 0.6 is 22.9 Å². The van der Waals surface area contributed by atoms with Crippen molar-refractivity contribution in [2.45, 2.75) is 38.2 Å². The third-order valence-electron chi connectivity index (χ3n) is 3.75. The highest BCUT2D eigenvalue weighted by molar-refractivity contribution is 7.09. The van der Waals surface area contributed by atoms with E-state index < -0.39 is 0 Å². The van der Waals surface area contributed by atoms with Gasteiger partial charge in [-0.25, -0.2) is 4.98 Å². The summed E-state index contributed by atoms with van der Waals surface area (Å²) in [5, 5.41) is 3.25. The molecule has 0 atom stereocenters. The summed E-state index contributed by atoms with van der Waals surface area (Å²) in [5.74, 6) is 0.523. The minimum Gasteiger partial charge on any atom is -0.303 e. The molecule has 1 aromatic rings. The maximum atomic E-state index is 5.78. The lowest BCUT2D eigenvalue weighted by Crippen LogP contribution is -2.42. The summed E-state index contributed by atoms with van der Waals surface area (Å²) in [6.45, 7) is 6.85. The van der Waals surface area contributed by atoms with Crippen LogP contribution in [0.15, 0.2) is 5.38 Å².